The zero-order valence-electron chi connectivity index (χ0n) is 17.8. The number of nitrogens with zero attached hydrogens (tertiary/aromatic N) is 4. The Labute approximate surface area is 185 Å². The van der Waals surface area contributed by atoms with Crippen molar-refractivity contribution in [3.05, 3.63) is 69.9 Å². The Bertz CT molecular complexity index is 1360. The molecule has 1 amide bonds. The van der Waals surface area contributed by atoms with Gasteiger partial charge < -0.3 is 9.47 Å². The first kappa shape index (κ1) is 22.1. The van der Waals surface area contributed by atoms with Crippen LogP contribution in [0.4, 0.5) is 4.39 Å². The van der Waals surface area contributed by atoms with Gasteiger partial charge in [-0.2, -0.15) is 4.31 Å². The molecular formula is C22H23FN4O4S. The highest BCUT2D eigenvalue weighted by Crippen LogP contribution is 2.19. The molecule has 0 unspecified atom stereocenters. The van der Waals surface area contributed by atoms with Gasteiger partial charge in [-0.3, -0.25) is 9.59 Å². The fourth-order valence-electron chi connectivity index (χ4n) is 3.83. The van der Waals surface area contributed by atoms with E-state index in [0.717, 1.165) is 11.8 Å². The van der Waals surface area contributed by atoms with Gasteiger partial charge in [0.15, 0.2) is 0 Å². The molecule has 3 aromatic rings. The first-order valence-corrected chi connectivity index (χ1v) is 11.7. The Morgan fingerprint density at radius 3 is 2.50 bits per heavy atom. The third-order valence-corrected chi connectivity index (χ3v) is 7.49. The van der Waals surface area contributed by atoms with Gasteiger partial charge in [-0.25, -0.2) is 17.8 Å². The molecule has 1 saturated heterocycles. The molecule has 0 bridgehead atoms. The van der Waals surface area contributed by atoms with E-state index in [1.165, 1.54) is 33.6 Å². The first-order valence-electron chi connectivity index (χ1n) is 10.3. The average molecular weight is 459 g/mol. The Hall–Kier alpha value is -3.11. The number of rotatable bonds is 4. The van der Waals surface area contributed by atoms with E-state index in [9.17, 15) is 22.4 Å². The second kappa shape index (κ2) is 8.44. The molecule has 1 fully saturated rings. The van der Waals surface area contributed by atoms with E-state index in [0.29, 0.717) is 17.6 Å². The highest BCUT2D eigenvalue weighted by molar-refractivity contribution is 7.89. The fraction of sp³-hybridized carbons (Fsp3) is 0.318. The number of aromatic nitrogens is 2. The van der Waals surface area contributed by atoms with E-state index in [1.807, 2.05) is 13.8 Å². The maximum Gasteiger partial charge on any atom is 0.259 e. The van der Waals surface area contributed by atoms with Gasteiger partial charge in [0.2, 0.25) is 15.5 Å². The number of fused-ring (bicyclic) bond motifs is 1. The molecular weight excluding hydrogens is 435 g/mol. The number of piperazine rings is 1. The number of halogens is 1. The van der Waals surface area contributed by atoms with Crippen molar-refractivity contribution in [3.8, 4) is 0 Å². The van der Waals surface area contributed by atoms with Crippen molar-refractivity contribution in [2.24, 2.45) is 0 Å². The SMILES string of the molecule is CCn1cc(C(=O)N2CCN(S(=O)(=O)c3cccc(F)c3)CC2)c(=O)c2ccc(C)nc21. The molecule has 10 heteroatoms. The zero-order valence-corrected chi connectivity index (χ0v) is 18.6. The molecule has 1 aliphatic rings. The van der Waals surface area contributed by atoms with Crippen molar-refractivity contribution >= 4 is 27.0 Å². The van der Waals surface area contributed by atoms with Gasteiger partial charge in [0.05, 0.1) is 10.3 Å². The van der Waals surface area contributed by atoms with Crippen LogP contribution in [-0.2, 0) is 16.6 Å². The summed E-state index contributed by atoms with van der Waals surface area (Å²) >= 11 is 0. The topological polar surface area (TPSA) is 92.6 Å². The van der Waals surface area contributed by atoms with Gasteiger partial charge in [-0.05, 0) is 44.2 Å². The summed E-state index contributed by atoms with van der Waals surface area (Å²) in [5, 5.41) is 0.371. The van der Waals surface area contributed by atoms with Crippen LogP contribution in [0.15, 0.2) is 52.3 Å². The fourth-order valence-corrected chi connectivity index (χ4v) is 5.29. The molecule has 0 atom stereocenters. The van der Waals surface area contributed by atoms with E-state index in [1.54, 1.807) is 16.7 Å². The van der Waals surface area contributed by atoms with Gasteiger partial charge >= 0.3 is 0 Å². The van der Waals surface area contributed by atoms with Crippen molar-refractivity contribution in [1.29, 1.82) is 0 Å². The van der Waals surface area contributed by atoms with E-state index in [2.05, 4.69) is 4.98 Å². The molecule has 32 heavy (non-hydrogen) atoms. The van der Waals surface area contributed by atoms with Crippen LogP contribution in [0, 0.1) is 12.7 Å². The van der Waals surface area contributed by atoms with E-state index < -0.39 is 27.2 Å². The molecule has 3 heterocycles. The molecule has 0 radical (unpaired) electrons. The van der Waals surface area contributed by atoms with Gasteiger partial charge in [-0.15, -0.1) is 0 Å². The van der Waals surface area contributed by atoms with E-state index in [4.69, 9.17) is 0 Å². The van der Waals surface area contributed by atoms with E-state index in [-0.39, 0.29) is 36.6 Å². The predicted octanol–water partition coefficient (Wildman–Crippen LogP) is 2.01. The van der Waals surface area contributed by atoms with Crippen LogP contribution >= 0.6 is 0 Å². The average Bonchev–Trinajstić information content (AvgIpc) is 2.79. The Balaban J connectivity index is 1.58. The van der Waals surface area contributed by atoms with Crippen LogP contribution in [0.5, 0.6) is 0 Å². The molecule has 4 rings (SSSR count). The standard InChI is InChI=1S/C22H23FN4O4S/c1-3-25-14-19(20(28)18-8-7-15(2)24-21(18)25)22(29)26-9-11-27(12-10-26)32(30,31)17-6-4-5-16(23)13-17/h4-8,13-14H,3,9-12H2,1-2H3. The minimum atomic E-state index is -3.87. The summed E-state index contributed by atoms with van der Waals surface area (Å²) in [6.07, 6.45) is 1.52. The van der Waals surface area contributed by atoms with Crippen LogP contribution in [0.25, 0.3) is 11.0 Å². The van der Waals surface area contributed by atoms with Crippen LogP contribution < -0.4 is 5.43 Å². The first-order chi connectivity index (χ1) is 15.2. The second-order valence-electron chi connectivity index (χ2n) is 7.64. The second-order valence-corrected chi connectivity index (χ2v) is 9.57. The summed E-state index contributed by atoms with van der Waals surface area (Å²) < 4.78 is 42.1. The van der Waals surface area contributed by atoms with Crippen molar-refractivity contribution in [3.63, 3.8) is 0 Å². The van der Waals surface area contributed by atoms with Gasteiger partial charge in [0, 0.05) is 44.6 Å². The number of aryl methyl sites for hydroxylation is 2. The lowest BCUT2D eigenvalue weighted by atomic mass is 10.1. The number of pyridine rings is 2. The summed E-state index contributed by atoms with van der Waals surface area (Å²) in [5.41, 5.74) is 0.942. The summed E-state index contributed by atoms with van der Waals surface area (Å²) in [4.78, 5) is 31.9. The summed E-state index contributed by atoms with van der Waals surface area (Å²) in [6, 6.07) is 8.25. The smallest absolute Gasteiger partial charge is 0.259 e. The third-order valence-electron chi connectivity index (χ3n) is 5.59. The maximum atomic E-state index is 13.5. The number of carbonyl (C=O) groups excluding carboxylic acids is 1. The summed E-state index contributed by atoms with van der Waals surface area (Å²) in [7, 11) is -3.87. The van der Waals surface area contributed by atoms with Gasteiger partial charge in [-0.1, -0.05) is 6.07 Å². The monoisotopic (exact) mass is 458 g/mol. The van der Waals surface area contributed by atoms with Gasteiger partial charge in [0.1, 0.15) is 17.0 Å². The van der Waals surface area contributed by atoms with Crippen molar-refractivity contribution < 1.29 is 17.6 Å². The molecule has 168 valence electrons. The highest BCUT2D eigenvalue weighted by Gasteiger charge is 2.31. The Kier molecular flexibility index (Phi) is 5.83. The summed E-state index contributed by atoms with van der Waals surface area (Å²) in [5.74, 6) is -1.07. The number of carbonyl (C=O) groups is 1. The predicted molar refractivity (Wildman–Crippen MR) is 117 cm³/mol. The zero-order chi connectivity index (χ0) is 23.0. The van der Waals surface area contributed by atoms with Crippen LogP contribution in [0.2, 0.25) is 0 Å². The minimum Gasteiger partial charge on any atom is -0.336 e. The normalized spacial score (nSPS) is 15.3. The highest BCUT2D eigenvalue weighted by atomic mass is 32.2. The Morgan fingerprint density at radius 2 is 1.84 bits per heavy atom. The molecule has 0 aliphatic carbocycles. The van der Waals surface area contributed by atoms with Crippen molar-refractivity contribution in [1.82, 2.24) is 18.8 Å². The third kappa shape index (κ3) is 3.91. The molecule has 1 aromatic carbocycles. The molecule has 2 aromatic heterocycles. The number of benzene rings is 1. The van der Waals surface area contributed by atoms with Crippen LogP contribution in [0.3, 0.4) is 0 Å². The maximum absolute atomic E-state index is 13.5. The molecule has 0 spiro atoms. The summed E-state index contributed by atoms with van der Waals surface area (Å²) in [6.45, 7) is 4.64. The molecule has 1 aliphatic heterocycles. The lowest BCUT2D eigenvalue weighted by Gasteiger charge is -2.34. The quantitative estimate of drug-likeness (QED) is 0.596. The number of amides is 1. The lowest BCUT2D eigenvalue weighted by molar-refractivity contribution is 0.0696. The van der Waals surface area contributed by atoms with Crippen molar-refractivity contribution in [2.75, 3.05) is 26.2 Å². The molecule has 8 nitrogen and oxygen atoms in total. The van der Waals surface area contributed by atoms with Crippen molar-refractivity contribution in [2.45, 2.75) is 25.3 Å². The number of hydrogen-bond acceptors (Lipinski definition) is 5. The molecule has 0 saturated carbocycles. The van der Waals surface area contributed by atoms with Crippen LogP contribution in [-0.4, -0.2) is 59.3 Å². The number of hydrogen-bond donors (Lipinski definition) is 0. The minimum absolute atomic E-state index is 0.0337. The van der Waals surface area contributed by atoms with Crippen LogP contribution in [0.1, 0.15) is 23.0 Å². The lowest BCUT2D eigenvalue weighted by Crippen LogP contribution is -2.51. The largest absolute Gasteiger partial charge is 0.336 e. The van der Waals surface area contributed by atoms with Gasteiger partial charge in [0.25, 0.3) is 5.91 Å². The molecule has 0 N–H and O–H groups in total. The Morgan fingerprint density at radius 1 is 1.12 bits per heavy atom. The van der Waals surface area contributed by atoms with E-state index >= 15 is 0 Å². The number of sulfonamides is 1.